The number of hydrogen-bond acceptors (Lipinski definition) is 3. The van der Waals surface area contributed by atoms with Gasteiger partial charge in [0.05, 0.1) is 6.26 Å². The molecule has 0 aliphatic carbocycles. The molecule has 0 spiro atoms. The van der Waals surface area contributed by atoms with E-state index in [4.69, 9.17) is 0 Å². The van der Waals surface area contributed by atoms with Gasteiger partial charge in [-0.25, -0.2) is 17.1 Å². The smallest absolute Gasteiger partial charge is 0.251 e. The third kappa shape index (κ3) is 5.64. The van der Waals surface area contributed by atoms with Crippen LogP contribution >= 0.6 is 0 Å². The molecule has 2 aromatic rings. The van der Waals surface area contributed by atoms with E-state index in [2.05, 4.69) is 5.32 Å². The van der Waals surface area contributed by atoms with Gasteiger partial charge in [0, 0.05) is 25.2 Å². The Bertz CT molecular complexity index is 869. The maximum absolute atomic E-state index is 13.7. The second-order valence-corrected chi connectivity index (χ2v) is 8.06. The predicted octanol–water partition coefficient (Wildman–Crippen LogP) is 2.37. The van der Waals surface area contributed by atoms with Crippen LogP contribution in [0.3, 0.4) is 0 Å². The van der Waals surface area contributed by atoms with E-state index in [0.717, 1.165) is 11.8 Å². The summed E-state index contributed by atoms with van der Waals surface area (Å²) >= 11 is 0. The largest absolute Gasteiger partial charge is 0.351 e. The van der Waals surface area contributed by atoms with Crippen molar-refractivity contribution in [3.8, 4) is 0 Å². The Hall–Kier alpha value is -2.25. The number of benzene rings is 2. The lowest BCUT2D eigenvalue weighted by Crippen LogP contribution is -2.39. The number of nitrogens with zero attached hydrogens (tertiary/aromatic N) is 1. The van der Waals surface area contributed by atoms with E-state index < -0.39 is 10.0 Å². The SMILES string of the molecule is Cc1ccccc1C(=O)NCCN(CCc1ccccc1F)S(C)(=O)=O. The van der Waals surface area contributed by atoms with E-state index in [0.29, 0.717) is 11.1 Å². The van der Waals surface area contributed by atoms with Crippen LogP contribution in [0.2, 0.25) is 0 Å². The van der Waals surface area contributed by atoms with Crippen molar-refractivity contribution in [3.05, 3.63) is 71.0 Å². The first kappa shape index (κ1) is 20.1. The van der Waals surface area contributed by atoms with Crippen molar-refractivity contribution in [3.63, 3.8) is 0 Å². The van der Waals surface area contributed by atoms with E-state index >= 15 is 0 Å². The highest BCUT2D eigenvalue weighted by molar-refractivity contribution is 7.88. The molecule has 26 heavy (non-hydrogen) atoms. The zero-order chi connectivity index (χ0) is 19.2. The summed E-state index contributed by atoms with van der Waals surface area (Å²) in [6.45, 7) is 2.30. The summed E-state index contributed by atoms with van der Waals surface area (Å²) < 4.78 is 38.9. The number of carbonyl (C=O) groups is 1. The molecule has 0 heterocycles. The molecule has 0 aliphatic rings. The lowest BCUT2D eigenvalue weighted by Gasteiger charge is -2.20. The molecule has 0 saturated carbocycles. The van der Waals surface area contributed by atoms with Crippen molar-refractivity contribution >= 4 is 15.9 Å². The molecule has 0 bridgehead atoms. The van der Waals surface area contributed by atoms with Gasteiger partial charge in [-0.1, -0.05) is 36.4 Å². The van der Waals surface area contributed by atoms with Crippen LogP contribution < -0.4 is 5.32 Å². The zero-order valence-corrected chi connectivity index (χ0v) is 15.7. The number of aryl methyl sites for hydroxylation is 1. The summed E-state index contributed by atoms with van der Waals surface area (Å²) in [6.07, 6.45) is 1.38. The quantitative estimate of drug-likeness (QED) is 0.767. The fraction of sp³-hybridized carbons (Fsp3) is 0.316. The first-order chi connectivity index (χ1) is 12.3. The molecule has 2 aromatic carbocycles. The fourth-order valence-corrected chi connectivity index (χ4v) is 3.45. The number of hydrogen-bond donors (Lipinski definition) is 1. The predicted molar refractivity (Wildman–Crippen MR) is 100 cm³/mol. The van der Waals surface area contributed by atoms with Crippen LogP contribution in [0.15, 0.2) is 48.5 Å². The minimum Gasteiger partial charge on any atom is -0.351 e. The molecule has 0 fully saturated rings. The van der Waals surface area contributed by atoms with Gasteiger partial charge >= 0.3 is 0 Å². The summed E-state index contributed by atoms with van der Waals surface area (Å²) in [7, 11) is -3.46. The number of halogens is 1. The van der Waals surface area contributed by atoms with Gasteiger partial charge in [0.15, 0.2) is 0 Å². The van der Waals surface area contributed by atoms with Crippen LogP contribution in [0, 0.1) is 12.7 Å². The standard InChI is InChI=1S/C19H23FN2O3S/c1-15-7-3-5-9-17(15)19(23)21-12-14-22(26(2,24)25)13-11-16-8-4-6-10-18(16)20/h3-10H,11-14H2,1-2H3,(H,21,23). The van der Waals surface area contributed by atoms with Crippen LogP contribution in [0.1, 0.15) is 21.5 Å². The molecule has 0 saturated heterocycles. The second-order valence-electron chi connectivity index (χ2n) is 6.07. The van der Waals surface area contributed by atoms with Gasteiger partial charge in [0.2, 0.25) is 10.0 Å². The van der Waals surface area contributed by atoms with Gasteiger partial charge in [-0.05, 0) is 36.6 Å². The monoisotopic (exact) mass is 378 g/mol. The van der Waals surface area contributed by atoms with Gasteiger partial charge in [0.1, 0.15) is 5.82 Å². The Labute approximate surface area is 153 Å². The van der Waals surface area contributed by atoms with Gasteiger partial charge in [-0.15, -0.1) is 0 Å². The third-order valence-corrected chi connectivity index (χ3v) is 5.40. The minimum atomic E-state index is -3.46. The summed E-state index contributed by atoms with van der Waals surface area (Å²) in [5.74, 6) is -0.598. The summed E-state index contributed by atoms with van der Waals surface area (Å²) in [4.78, 5) is 12.2. The summed E-state index contributed by atoms with van der Waals surface area (Å²) in [5, 5.41) is 2.73. The summed E-state index contributed by atoms with van der Waals surface area (Å²) in [5.41, 5.74) is 1.87. The molecule has 5 nitrogen and oxygen atoms in total. The highest BCUT2D eigenvalue weighted by Gasteiger charge is 2.17. The molecule has 0 aromatic heterocycles. The van der Waals surface area contributed by atoms with Gasteiger partial charge in [-0.2, -0.15) is 0 Å². The van der Waals surface area contributed by atoms with Gasteiger partial charge < -0.3 is 5.32 Å². The maximum atomic E-state index is 13.7. The molecule has 2 rings (SSSR count). The lowest BCUT2D eigenvalue weighted by atomic mass is 10.1. The zero-order valence-electron chi connectivity index (χ0n) is 14.9. The Kier molecular flexibility index (Phi) is 6.88. The number of amides is 1. The first-order valence-electron chi connectivity index (χ1n) is 8.31. The first-order valence-corrected chi connectivity index (χ1v) is 10.2. The van der Waals surface area contributed by atoms with Crippen molar-refractivity contribution in [2.45, 2.75) is 13.3 Å². The number of carbonyl (C=O) groups excluding carboxylic acids is 1. The Morgan fingerprint density at radius 3 is 2.38 bits per heavy atom. The van der Waals surface area contributed by atoms with E-state index in [1.54, 1.807) is 30.3 Å². The van der Waals surface area contributed by atoms with Crippen LogP contribution in [-0.4, -0.2) is 44.5 Å². The van der Waals surface area contributed by atoms with Gasteiger partial charge in [0.25, 0.3) is 5.91 Å². The highest BCUT2D eigenvalue weighted by Crippen LogP contribution is 2.10. The molecule has 0 radical (unpaired) electrons. The van der Waals surface area contributed by atoms with E-state index in [1.807, 2.05) is 19.1 Å². The number of sulfonamides is 1. The topological polar surface area (TPSA) is 66.5 Å². The molecular formula is C19H23FN2O3S. The van der Waals surface area contributed by atoms with Crippen LogP contribution in [0.4, 0.5) is 4.39 Å². The maximum Gasteiger partial charge on any atom is 0.251 e. The van der Waals surface area contributed by atoms with Crippen molar-refractivity contribution in [2.24, 2.45) is 0 Å². The Morgan fingerprint density at radius 1 is 1.08 bits per heavy atom. The van der Waals surface area contributed by atoms with Crippen LogP contribution in [0.25, 0.3) is 0 Å². The van der Waals surface area contributed by atoms with Crippen LogP contribution in [-0.2, 0) is 16.4 Å². The minimum absolute atomic E-state index is 0.130. The Balaban J connectivity index is 1.93. The van der Waals surface area contributed by atoms with E-state index in [9.17, 15) is 17.6 Å². The third-order valence-electron chi connectivity index (χ3n) is 4.09. The van der Waals surface area contributed by atoms with Gasteiger partial charge in [-0.3, -0.25) is 4.79 Å². The van der Waals surface area contributed by atoms with Crippen molar-refractivity contribution < 1.29 is 17.6 Å². The Morgan fingerprint density at radius 2 is 1.73 bits per heavy atom. The highest BCUT2D eigenvalue weighted by atomic mass is 32.2. The molecule has 0 aliphatic heterocycles. The lowest BCUT2D eigenvalue weighted by molar-refractivity contribution is 0.0951. The normalized spacial score (nSPS) is 11.5. The molecule has 140 valence electrons. The van der Waals surface area contributed by atoms with E-state index in [-0.39, 0.29) is 37.8 Å². The molecule has 1 N–H and O–H groups in total. The molecule has 0 atom stereocenters. The van der Waals surface area contributed by atoms with Crippen molar-refractivity contribution in [1.29, 1.82) is 0 Å². The molecule has 7 heteroatoms. The molecule has 1 amide bonds. The molecular weight excluding hydrogens is 355 g/mol. The fourth-order valence-electron chi connectivity index (χ4n) is 2.61. The number of rotatable bonds is 8. The average molecular weight is 378 g/mol. The summed E-state index contributed by atoms with van der Waals surface area (Å²) in [6, 6.07) is 13.5. The second kappa shape index (κ2) is 8.91. The molecule has 0 unspecified atom stereocenters. The van der Waals surface area contributed by atoms with Crippen LogP contribution in [0.5, 0.6) is 0 Å². The van der Waals surface area contributed by atoms with E-state index in [1.165, 1.54) is 10.4 Å². The van der Waals surface area contributed by atoms with Crippen molar-refractivity contribution in [2.75, 3.05) is 25.9 Å². The number of nitrogens with one attached hydrogen (secondary N) is 1. The van der Waals surface area contributed by atoms with Crippen molar-refractivity contribution in [1.82, 2.24) is 9.62 Å². The average Bonchev–Trinajstić information content (AvgIpc) is 2.58.